The standard InChI is InChI=1S/C14H18N4O2/c15-13-9-14(17-16-13)20-10-11-2-1-3-12(8-11)18-4-6-19-7-5-18/h1-3,8-9H,4-7,10H2,(H3,15,16,17). The largest absolute Gasteiger partial charge is 0.473 e. The van der Waals surface area contributed by atoms with E-state index in [9.17, 15) is 0 Å². The van der Waals surface area contributed by atoms with Crippen LogP contribution in [0.2, 0.25) is 0 Å². The molecule has 1 aliphatic rings. The van der Waals surface area contributed by atoms with Crippen LogP contribution in [0.5, 0.6) is 5.88 Å². The maximum Gasteiger partial charge on any atom is 0.211 e. The molecule has 6 heteroatoms. The number of hydrogen-bond acceptors (Lipinski definition) is 5. The van der Waals surface area contributed by atoms with Crippen LogP contribution in [0.25, 0.3) is 0 Å². The summed E-state index contributed by atoms with van der Waals surface area (Å²) in [5, 5.41) is 6.56. The predicted octanol–water partition coefficient (Wildman–Crippen LogP) is 1.41. The van der Waals surface area contributed by atoms with Crippen molar-refractivity contribution in [3.8, 4) is 5.88 Å². The number of ether oxygens (including phenoxy) is 2. The van der Waals surface area contributed by atoms with Gasteiger partial charge in [-0.15, -0.1) is 0 Å². The van der Waals surface area contributed by atoms with Gasteiger partial charge in [-0.05, 0) is 17.7 Å². The Bertz CT molecular complexity index is 564. The van der Waals surface area contributed by atoms with Crippen molar-refractivity contribution in [3.63, 3.8) is 0 Å². The van der Waals surface area contributed by atoms with Crippen molar-refractivity contribution in [1.82, 2.24) is 10.2 Å². The maximum atomic E-state index is 5.61. The van der Waals surface area contributed by atoms with Crippen LogP contribution in [0.4, 0.5) is 11.5 Å². The molecule has 0 saturated carbocycles. The van der Waals surface area contributed by atoms with Gasteiger partial charge in [0.15, 0.2) is 0 Å². The molecule has 20 heavy (non-hydrogen) atoms. The van der Waals surface area contributed by atoms with Crippen LogP contribution in [0.3, 0.4) is 0 Å². The summed E-state index contributed by atoms with van der Waals surface area (Å²) in [7, 11) is 0. The molecular formula is C14H18N4O2. The minimum Gasteiger partial charge on any atom is -0.473 e. The zero-order valence-electron chi connectivity index (χ0n) is 11.2. The van der Waals surface area contributed by atoms with Crippen LogP contribution in [-0.2, 0) is 11.3 Å². The minimum absolute atomic E-state index is 0.432. The number of anilines is 2. The van der Waals surface area contributed by atoms with E-state index in [0.717, 1.165) is 31.9 Å². The number of nitrogens with zero attached hydrogens (tertiary/aromatic N) is 2. The molecule has 0 bridgehead atoms. The molecule has 6 nitrogen and oxygen atoms in total. The Labute approximate surface area is 117 Å². The molecule has 1 aliphatic heterocycles. The molecule has 0 radical (unpaired) electrons. The van der Waals surface area contributed by atoms with Crippen molar-refractivity contribution < 1.29 is 9.47 Å². The van der Waals surface area contributed by atoms with Gasteiger partial charge in [-0.2, -0.15) is 5.10 Å². The number of nitrogen functional groups attached to an aromatic ring is 1. The van der Waals surface area contributed by atoms with Gasteiger partial charge in [-0.1, -0.05) is 12.1 Å². The SMILES string of the molecule is Nc1cc(OCc2cccc(N3CCOCC3)c2)[nH]n1. The topological polar surface area (TPSA) is 76.4 Å². The van der Waals surface area contributed by atoms with Crippen molar-refractivity contribution in [2.75, 3.05) is 36.9 Å². The predicted molar refractivity (Wildman–Crippen MR) is 76.8 cm³/mol. The van der Waals surface area contributed by atoms with Crippen LogP contribution in [0, 0.1) is 0 Å². The highest BCUT2D eigenvalue weighted by Gasteiger charge is 2.11. The molecule has 1 aromatic carbocycles. The van der Waals surface area contributed by atoms with Crippen molar-refractivity contribution >= 4 is 11.5 Å². The van der Waals surface area contributed by atoms with Crippen molar-refractivity contribution in [1.29, 1.82) is 0 Å². The van der Waals surface area contributed by atoms with E-state index in [-0.39, 0.29) is 0 Å². The van der Waals surface area contributed by atoms with Gasteiger partial charge in [-0.25, -0.2) is 5.10 Å². The number of nitrogens with two attached hydrogens (primary N) is 1. The molecule has 1 saturated heterocycles. The maximum absolute atomic E-state index is 5.61. The zero-order valence-corrected chi connectivity index (χ0v) is 11.2. The number of aromatic nitrogens is 2. The number of aromatic amines is 1. The quantitative estimate of drug-likeness (QED) is 0.881. The van der Waals surface area contributed by atoms with Crippen LogP contribution < -0.4 is 15.4 Å². The lowest BCUT2D eigenvalue weighted by molar-refractivity contribution is 0.122. The highest BCUT2D eigenvalue weighted by atomic mass is 16.5. The normalized spacial score (nSPS) is 15.3. The summed E-state index contributed by atoms with van der Waals surface area (Å²) in [5.74, 6) is 1.02. The second kappa shape index (κ2) is 5.83. The molecule has 106 valence electrons. The molecule has 1 aromatic heterocycles. The molecule has 2 heterocycles. The summed E-state index contributed by atoms with van der Waals surface area (Å²) in [6, 6.07) is 10.0. The van der Waals surface area contributed by atoms with E-state index >= 15 is 0 Å². The van der Waals surface area contributed by atoms with Crippen LogP contribution in [-0.4, -0.2) is 36.5 Å². The second-order valence-electron chi connectivity index (χ2n) is 4.72. The third-order valence-electron chi connectivity index (χ3n) is 3.26. The van der Waals surface area contributed by atoms with E-state index in [1.54, 1.807) is 6.07 Å². The highest BCUT2D eigenvalue weighted by molar-refractivity contribution is 5.48. The second-order valence-corrected chi connectivity index (χ2v) is 4.72. The van der Waals surface area contributed by atoms with Gasteiger partial charge in [0.2, 0.25) is 5.88 Å². The number of rotatable bonds is 4. The Morgan fingerprint density at radius 1 is 1.30 bits per heavy atom. The van der Waals surface area contributed by atoms with Gasteiger partial charge in [0, 0.05) is 24.8 Å². The fourth-order valence-corrected chi connectivity index (χ4v) is 2.22. The third kappa shape index (κ3) is 3.03. The van der Waals surface area contributed by atoms with E-state index < -0.39 is 0 Å². The van der Waals surface area contributed by atoms with E-state index in [4.69, 9.17) is 15.2 Å². The zero-order chi connectivity index (χ0) is 13.8. The van der Waals surface area contributed by atoms with Crippen molar-refractivity contribution in [3.05, 3.63) is 35.9 Å². The molecule has 0 aliphatic carbocycles. The molecule has 0 amide bonds. The van der Waals surface area contributed by atoms with Crippen LogP contribution >= 0.6 is 0 Å². The fraction of sp³-hybridized carbons (Fsp3) is 0.357. The van der Waals surface area contributed by atoms with Gasteiger partial charge >= 0.3 is 0 Å². The Kier molecular flexibility index (Phi) is 3.73. The molecule has 1 fully saturated rings. The highest BCUT2D eigenvalue weighted by Crippen LogP contribution is 2.19. The van der Waals surface area contributed by atoms with E-state index in [1.807, 2.05) is 12.1 Å². The van der Waals surface area contributed by atoms with Crippen LogP contribution in [0.15, 0.2) is 30.3 Å². The Morgan fingerprint density at radius 3 is 2.90 bits per heavy atom. The number of hydrogen-bond donors (Lipinski definition) is 2. The lowest BCUT2D eigenvalue weighted by Crippen LogP contribution is -2.36. The molecule has 0 unspecified atom stereocenters. The minimum atomic E-state index is 0.432. The summed E-state index contributed by atoms with van der Waals surface area (Å²) >= 11 is 0. The summed E-state index contributed by atoms with van der Waals surface area (Å²) in [6.07, 6.45) is 0. The van der Waals surface area contributed by atoms with Crippen molar-refractivity contribution in [2.45, 2.75) is 6.61 Å². The van der Waals surface area contributed by atoms with Gasteiger partial charge < -0.3 is 20.1 Å². The Hall–Kier alpha value is -2.21. The van der Waals surface area contributed by atoms with Gasteiger partial charge in [-0.3, -0.25) is 0 Å². The molecule has 0 atom stereocenters. The first-order valence-corrected chi connectivity index (χ1v) is 6.66. The number of morpholine rings is 1. The fourth-order valence-electron chi connectivity index (χ4n) is 2.22. The lowest BCUT2D eigenvalue weighted by atomic mass is 10.2. The van der Waals surface area contributed by atoms with Crippen molar-refractivity contribution in [2.24, 2.45) is 0 Å². The summed E-state index contributed by atoms with van der Waals surface area (Å²) < 4.78 is 11.0. The average molecular weight is 274 g/mol. The molecule has 3 rings (SSSR count). The molecule has 3 N–H and O–H groups in total. The Balaban J connectivity index is 1.64. The Morgan fingerprint density at radius 2 is 2.15 bits per heavy atom. The molecule has 2 aromatic rings. The number of H-pyrrole nitrogens is 1. The number of nitrogens with one attached hydrogen (secondary N) is 1. The number of benzene rings is 1. The van der Waals surface area contributed by atoms with Gasteiger partial charge in [0.05, 0.1) is 13.2 Å². The smallest absolute Gasteiger partial charge is 0.211 e. The lowest BCUT2D eigenvalue weighted by Gasteiger charge is -2.29. The van der Waals surface area contributed by atoms with Gasteiger partial charge in [0.25, 0.3) is 0 Å². The molecule has 0 spiro atoms. The summed E-state index contributed by atoms with van der Waals surface area (Å²) in [4.78, 5) is 2.32. The first-order valence-electron chi connectivity index (χ1n) is 6.66. The monoisotopic (exact) mass is 274 g/mol. The summed E-state index contributed by atoms with van der Waals surface area (Å²) in [5.41, 5.74) is 7.85. The average Bonchev–Trinajstić information content (AvgIpc) is 2.92. The van der Waals surface area contributed by atoms with Crippen LogP contribution in [0.1, 0.15) is 5.56 Å². The first-order chi connectivity index (χ1) is 9.81. The van der Waals surface area contributed by atoms with E-state index in [0.29, 0.717) is 18.3 Å². The third-order valence-corrected chi connectivity index (χ3v) is 3.26. The van der Waals surface area contributed by atoms with E-state index in [2.05, 4.69) is 27.2 Å². The molecular weight excluding hydrogens is 256 g/mol. The summed E-state index contributed by atoms with van der Waals surface area (Å²) in [6.45, 7) is 3.92. The van der Waals surface area contributed by atoms with E-state index in [1.165, 1.54) is 5.69 Å². The van der Waals surface area contributed by atoms with Gasteiger partial charge in [0.1, 0.15) is 12.4 Å². The first kappa shape index (κ1) is 12.8.